The van der Waals surface area contributed by atoms with Gasteiger partial charge in [0, 0.05) is 30.9 Å². The van der Waals surface area contributed by atoms with Crippen LogP contribution in [-0.4, -0.2) is 42.4 Å². The first kappa shape index (κ1) is 12.6. The lowest BCUT2D eigenvalue weighted by Crippen LogP contribution is -2.53. The third-order valence-corrected chi connectivity index (χ3v) is 3.64. The molecule has 2 N–H and O–H groups in total. The molecule has 1 aromatic rings. The average molecular weight is 270 g/mol. The Kier molecular flexibility index (Phi) is 3.12. The summed E-state index contributed by atoms with van der Waals surface area (Å²) in [6, 6.07) is 6.90. The molecule has 2 heterocycles. The van der Waals surface area contributed by atoms with Gasteiger partial charge in [0.1, 0.15) is 6.04 Å². The second-order valence-corrected chi connectivity index (χ2v) is 4.94. The number of amides is 2. The van der Waals surface area contributed by atoms with E-state index >= 15 is 0 Å². The molecule has 1 fully saturated rings. The smallest absolute Gasteiger partial charge is 0.255 e. The van der Waals surface area contributed by atoms with Gasteiger partial charge < -0.3 is 15.5 Å². The lowest BCUT2D eigenvalue weighted by molar-refractivity contribution is -0.115. The number of nitrogens with one attached hydrogen (secondary N) is 2. The minimum atomic E-state index is -0.445. The highest BCUT2D eigenvalue weighted by Crippen LogP contribution is 2.25. The number of benzene rings is 1. The van der Waals surface area contributed by atoms with Crippen molar-refractivity contribution in [3.05, 3.63) is 29.3 Å². The summed E-state index contributed by atoms with van der Waals surface area (Å²) in [6.45, 7) is 1.69. The highest BCUT2D eigenvalue weighted by Gasteiger charge is 2.28. The van der Waals surface area contributed by atoms with Crippen LogP contribution in [0.4, 0.5) is 5.69 Å². The van der Waals surface area contributed by atoms with E-state index in [1.807, 2.05) is 0 Å². The Morgan fingerprint density at radius 1 is 1.45 bits per heavy atom. The van der Waals surface area contributed by atoms with E-state index in [9.17, 15) is 9.59 Å². The van der Waals surface area contributed by atoms with Crippen molar-refractivity contribution in [1.82, 2.24) is 10.2 Å². The molecule has 2 aliphatic rings. The minimum Gasteiger partial charge on any atom is -0.326 e. The van der Waals surface area contributed by atoms with Gasteiger partial charge in [-0.15, -0.1) is 0 Å². The zero-order valence-electron chi connectivity index (χ0n) is 10.8. The van der Waals surface area contributed by atoms with Crippen LogP contribution in [0, 0.1) is 11.3 Å². The predicted molar refractivity (Wildman–Crippen MR) is 72.1 cm³/mol. The van der Waals surface area contributed by atoms with Gasteiger partial charge in [-0.25, -0.2) is 0 Å². The fraction of sp³-hybridized carbons (Fsp3) is 0.357. The Balaban J connectivity index is 1.86. The number of piperazine rings is 1. The molecule has 0 saturated carbocycles. The molecule has 2 amide bonds. The van der Waals surface area contributed by atoms with E-state index in [4.69, 9.17) is 5.26 Å². The highest BCUT2D eigenvalue weighted by atomic mass is 16.2. The molecule has 1 aromatic carbocycles. The van der Waals surface area contributed by atoms with E-state index in [0.717, 1.165) is 5.56 Å². The van der Waals surface area contributed by atoms with E-state index in [0.29, 0.717) is 37.3 Å². The molecule has 3 rings (SSSR count). The zero-order valence-corrected chi connectivity index (χ0v) is 10.8. The molecule has 0 radical (unpaired) electrons. The van der Waals surface area contributed by atoms with Crippen molar-refractivity contribution in [2.45, 2.75) is 12.5 Å². The Morgan fingerprint density at radius 2 is 2.30 bits per heavy atom. The number of carbonyl (C=O) groups excluding carboxylic acids is 2. The third-order valence-electron chi connectivity index (χ3n) is 3.64. The number of anilines is 1. The maximum atomic E-state index is 12.5. The van der Waals surface area contributed by atoms with Gasteiger partial charge in [-0.1, -0.05) is 6.07 Å². The van der Waals surface area contributed by atoms with Crippen molar-refractivity contribution in [3.63, 3.8) is 0 Å². The molecular weight excluding hydrogens is 256 g/mol. The lowest BCUT2D eigenvalue weighted by Gasteiger charge is -2.32. The van der Waals surface area contributed by atoms with E-state index in [1.54, 1.807) is 23.1 Å². The molecule has 1 unspecified atom stereocenters. The summed E-state index contributed by atoms with van der Waals surface area (Å²) < 4.78 is 0. The van der Waals surface area contributed by atoms with Crippen molar-refractivity contribution in [3.8, 4) is 6.07 Å². The standard InChI is InChI=1S/C14H14N4O2/c15-7-11-8-16-3-4-18(11)14(20)10-2-1-9-6-13(19)17-12(9)5-10/h1-2,5,11,16H,3-4,6,8H2,(H,17,19). The highest BCUT2D eigenvalue weighted by molar-refractivity contribution is 6.02. The third kappa shape index (κ3) is 2.12. The molecule has 0 aliphatic carbocycles. The molecule has 1 atom stereocenters. The largest absolute Gasteiger partial charge is 0.326 e. The second kappa shape index (κ2) is 4.94. The molecule has 20 heavy (non-hydrogen) atoms. The van der Waals surface area contributed by atoms with Crippen LogP contribution in [0.25, 0.3) is 0 Å². The van der Waals surface area contributed by atoms with Gasteiger partial charge in [0.15, 0.2) is 0 Å². The van der Waals surface area contributed by atoms with Crippen molar-refractivity contribution in [1.29, 1.82) is 5.26 Å². The monoisotopic (exact) mass is 270 g/mol. The summed E-state index contributed by atoms with van der Waals surface area (Å²) in [5.74, 6) is -0.219. The van der Waals surface area contributed by atoms with E-state index < -0.39 is 6.04 Å². The van der Waals surface area contributed by atoms with Crippen LogP contribution >= 0.6 is 0 Å². The molecular formula is C14H14N4O2. The number of nitriles is 1. The first-order chi connectivity index (χ1) is 9.69. The number of hydrogen-bond donors (Lipinski definition) is 2. The average Bonchev–Trinajstić information content (AvgIpc) is 2.85. The molecule has 2 aliphatic heterocycles. The quantitative estimate of drug-likeness (QED) is 0.759. The Hall–Kier alpha value is -2.39. The van der Waals surface area contributed by atoms with Crippen LogP contribution in [0.3, 0.4) is 0 Å². The Morgan fingerprint density at radius 3 is 3.10 bits per heavy atom. The van der Waals surface area contributed by atoms with Gasteiger partial charge in [0.05, 0.1) is 12.5 Å². The minimum absolute atomic E-state index is 0.0540. The van der Waals surface area contributed by atoms with E-state index in [-0.39, 0.29) is 11.8 Å². The van der Waals surface area contributed by atoms with E-state index in [2.05, 4.69) is 16.7 Å². The summed E-state index contributed by atoms with van der Waals surface area (Å²) >= 11 is 0. The maximum absolute atomic E-state index is 12.5. The Bertz CT molecular complexity index is 620. The maximum Gasteiger partial charge on any atom is 0.255 e. The van der Waals surface area contributed by atoms with Crippen LogP contribution < -0.4 is 10.6 Å². The topological polar surface area (TPSA) is 85.2 Å². The fourth-order valence-corrected chi connectivity index (χ4v) is 2.58. The van der Waals surface area contributed by atoms with Gasteiger partial charge in [-0.2, -0.15) is 5.26 Å². The van der Waals surface area contributed by atoms with Crippen LogP contribution in [0.1, 0.15) is 15.9 Å². The summed E-state index contributed by atoms with van der Waals surface area (Å²) in [5, 5.41) is 14.9. The van der Waals surface area contributed by atoms with Gasteiger partial charge in [0.2, 0.25) is 5.91 Å². The molecule has 0 spiro atoms. The van der Waals surface area contributed by atoms with Gasteiger partial charge in [-0.3, -0.25) is 9.59 Å². The lowest BCUT2D eigenvalue weighted by atomic mass is 10.1. The first-order valence-corrected chi connectivity index (χ1v) is 6.53. The summed E-state index contributed by atoms with van der Waals surface area (Å²) in [4.78, 5) is 25.4. The number of nitrogens with zero attached hydrogens (tertiary/aromatic N) is 2. The van der Waals surface area contributed by atoms with Gasteiger partial charge >= 0.3 is 0 Å². The number of rotatable bonds is 1. The summed E-state index contributed by atoms with van der Waals surface area (Å²) in [6.07, 6.45) is 0.359. The summed E-state index contributed by atoms with van der Waals surface area (Å²) in [5.41, 5.74) is 2.11. The van der Waals surface area contributed by atoms with E-state index in [1.165, 1.54) is 0 Å². The van der Waals surface area contributed by atoms with Crippen LogP contribution in [0.2, 0.25) is 0 Å². The van der Waals surface area contributed by atoms with Crippen molar-refractivity contribution in [2.75, 3.05) is 25.0 Å². The molecule has 6 nitrogen and oxygen atoms in total. The SMILES string of the molecule is N#CC1CNCCN1C(=O)c1ccc2c(c1)NC(=O)C2. The predicted octanol–water partition coefficient (Wildman–Crippen LogP) is 0.119. The fourth-order valence-electron chi connectivity index (χ4n) is 2.58. The molecule has 0 aromatic heterocycles. The van der Waals surface area contributed by atoms with Crippen molar-refractivity contribution in [2.24, 2.45) is 0 Å². The van der Waals surface area contributed by atoms with Gasteiger partial charge in [0.25, 0.3) is 5.91 Å². The normalized spacial score (nSPS) is 21.1. The number of carbonyl (C=O) groups is 2. The number of fused-ring (bicyclic) bond motifs is 1. The first-order valence-electron chi connectivity index (χ1n) is 6.53. The van der Waals surface area contributed by atoms with Crippen LogP contribution in [0.15, 0.2) is 18.2 Å². The number of hydrogen-bond acceptors (Lipinski definition) is 4. The zero-order chi connectivity index (χ0) is 14.1. The van der Waals surface area contributed by atoms with Gasteiger partial charge in [-0.05, 0) is 17.7 Å². The molecule has 1 saturated heterocycles. The molecule has 0 bridgehead atoms. The second-order valence-electron chi connectivity index (χ2n) is 4.94. The Labute approximate surface area is 116 Å². The molecule has 102 valence electrons. The van der Waals surface area contributed by atoms with Crippen molar-refractivity contribution >= 4 is 17.5 Å². The van der Waals surface area contributed by atoms with Crippen molar-refractivity contribution < 1.29 is 9.59 Å². The summed E-state index contributed by atoms with van der Waals surface area (Å²) in [7, 11) is 0. The van der Waals surface area contributed by atoms with Crippen LogP contribution in [0.5, 0.6) is 0 Å². The van der Waals surface area contributed by atoms with Crippen LogP contribution in [-0.2, 0) is 11.2 Å². The molecule has 6 heteroatoms.